The van der Waals surface area contributed by atoms with E-state index in [1.54, 1.807) is 10.8 Å². The van der Waals surface area contributed by atoms with Crippen molar-refractivity contribution in [3.63, 3.8) is 0 Å². The van der Waals surface area contributed by atoms with Crippen LogP contribution >= 0.6 is 0 Å². The van der Waals surface area contributed by atoms with E-state index in [0.29, 0.717) is 6.61 Å². The standard InChI is InChI=1S/C17H17NO3/c1-2-21-16-8-5-6-14(12-16)9-10-15-7-3-4-11-18(15)13-17(19)20/h3-12H,2,13H2,1H3/p+1/b10-9+. The summed E-state index contributed by atoms with van der Waals surface area (Å²) in [6.07, 6.45) is 5.59. The van der Waals surface area contributed by atoms with Crippen LogP contribution in [0, 0.1) is 0 Å². The van der Waals surface area contributed by atoms with Crippen LogP contribution in [-0.2, 0) is 11.3 Å². The van der Waals surface area contributed by atoms with E-state index in [2.05, 4.69) is 0 Å². The van der Waals surface area contributed by atoms with Crippen molar-refractivity contribution in [3.05, 3.63) is 59.9 Å². The van der Waals surface area contributed by atoms with Gasteiger partial charge in [0.1, 0.15) is 5.75 Å². The Morgan fingerprint density at radius 2 is 2.10 bits per heavy atom. The minimum absolute atomic E-state index is 0.0561. The van der Waals surface area contributed by atoms with E-state index in [9.17, 15) is 4.79 Å². The second-order valence-electron chi connectivity index (χ2n) is 4.49. The number of benzene rings is 1. The fraction of sp³-hybridized carbons (Fsp3) is 0.176. The van der Waals surface area contributed by atoms with Crippen molar-refractivity contribution in [1.29, 1.82) is 0 Å². The predicted octanol–water partition coefficient (Wildman–Crippen LogP) is 2.63. The maximum Gasteiger partial charge on any atom is 0.370 e. The van der Waals surface area contributed by atoms with Crippen molar-refractivity contribution in [3.8, 4) is 5.75 Å². The average molecular weight is 284 g/mol. The van der Waals surface area contributed by atoms with Gasteiger partial charge in [-0.15, -0.1) is 0 Å². The highest BCUT2D eigenvalue weighted by Crippen LogP contribution is 2.15. The maximum atomic E-state index is 10.9. The van der Waals surface area contributed by atoms with Gasteiger partial charge in [-0.2, -0.15) is 4.57 Å². The van der Waals surface area contributed by atoms with Gasteiger partial charge in [-0.25, -0.2) is 4.79 Å². The molecule has 0 fully saturated rings. The van der Waals surface area contributed by atoms with E-state index >= 15 is 0 Å². The molecule has 0 atom stereocenters. The third-order valence-corrected chi connectivity index (χ3v) is 2.90. The summed E-state index contributed by atoms with van der Waals surface area (Å²) >= 11 is 0. The normalized spacial score (nSPS) is 10.7. The summed E-state index contributed by atoms with van der Waals surface area (Å²) in [5, 5.41) is 8.91. The van der Waals surface area contributed by atoms with Crippen LogP contribution in [0.5, 0.6) is 5.75 Å². The van der Waals surface area contributed by atoms with Gasteiger partial charge in [0.25, 0.3) is 0 Å². The number of hydrogen-bond acceptors (Lipinski definition) is 2. The number of carbonyl (C=O) groups is 1. The van der Waals surface area contributed by atoms with Gasteiger partial charge in [0.15, 0.2) is 6.20 Å². The Balaban J connectivity index is 2.21. The fourth-order valence-corrected chi connectivity index (χ4v) is 1.99. The first-order chi connectivity index (χ1) is 10.2. The fourth-order valence-electron chi connectivity index (χ4n) is 1.99. The molecule has 0 saturated heterocycles. The first-order valence-electron chi connectivity index (χ1n) is 6.80. The number of ether oxygens (including phenoxy) is 1. The molecule has 0 radical (unpaired) electrons. The van der Waals surface area contributed by atoms with Crippen molar-refractivity contribution in [2.75, 3.05) is 6.61 Å². The van der Waals surface area contributed by atoms with Crippen LogP contribution in [0.15, 0.2) is 48.7 Å². The molecule has 0 amide bonds. The molecule has 1 aromatic heterocycles. The molecule has 4 nitrogen and oxygen atoms in total. The lowest BCUT2D eigenvalue weighted by Gasteiger charge is -2.03. The molecule has 0 aliphatic heterocycles. The third kappa shape index (κ3) is 4.45. The van der Waals surface area contributed by atoms with Gasteiger partial charge in [-0.05, 0) is 36.8 Å². The smallest absolute Gasteiger partial charge is 0.370 e. The first kappa shape index (κ1) is 14.8. The molecule has 0 spiro atoms. The van der Waals surface area contributed by atoms with Crippen molar-refractivity contribution in [1.82, 2.24) is 0 Å². The topological polar surface area (TPSA) is 50.4 Å². The number of nitrogens with zero attached hydrogens (tertiary/aromatic N) is 1. The van der Waals surface area contributed by atoms with Crippen molar-refractivity contribution < 1.29 is 19.2 Å². The monoisotopic (exact) mass is 284 g/mol. The molecule has 1 N–H and O–H groups in total. The molecule has 2 rings (SSSR count). The number of carboxylic acids is 1. The summed E-state index contributed by atoms with van der Waals surface area (Å²) in [5.41, 5.74) is 1.84. The molecule has 1 aromatic carbocycles. The highest BCUT2D eigenvalue weighted by atomic mass is 16.5. The Kier molecular flexibility index (Phi) is 5.10. The summed E-state index contributed by atoms with van der Waals surface area (Å²) in [7, 11) is 0. The molecule has 0 bridgehead atoms. The van der Waals surface area contributed by atoms with Crippen molar-refractivity contribution in [2.24, 2.45) is 0 Å². The maximum absolute atomic E-state index is 10.9. The van der Waals surface area contributed by atoms with Gasteiger partial charge >= 0.3 is 5.97 Å². The third-order valence-electron chi connectivity index (χ3n) is 2.90. The minimum atomic E-state index is -0.862. The molecular formula is C17H18NO3+. The molecule has 0 saturated carbocycles. The van der Waals surface area contributed by atoms with E-state index in [1.165, 1.54) is 0 Å². The Hall–Kier alpha value is -2.62. The summed E-state index contributed by atoms with van der Waals surface area (Å²) < 4.78 is 7.14. The number of aromatic nitrogens is 1. The van der Waals surface area contributed by atoms with Gasteiger partial charge in [-0.3, -0.25) is 0 Å². The lowest BCUT2D eigenvalue weighted by atomic mass is 10.2. The van der Waals surface area contributed by atoms with Crippen molar-refractivity contribution >= 4 is 18.1 Å². The van der Waals surface area contributed by atoms with Crippen LogP contribution in [0.2, 0.25) is 0 Å². The van der Waals surface area contributed by atoms with Crippen LogP contribution in [0.3, 0.4) is 0 Å². The highest BCUT2D eigenvalue weighted by Gasteiger charge is 2.10. The van der Waals surface area contributed by atoms with E-state index in [4.69, 9.17) is 9.84 Å². The van der Waals surface area contributed by atoms with E-state index in [0.717, 1.165) is 17.0 Å². The van der Waals surface area contributed by atoms with Crippen LogP contribution in [0.4, 0.5) is 0 Å². The molecule has 108 valence electrons. The second kappa shape index (κ2) is 7.24. The quantitative estimate of drug-likeness (QED) is 0.830. The molecule has 4 heteroatoms. The van der Waals surface area contributed by atoms with E-state index < -0.39 is 5.97 Å². The van der Waals surface area contributed by atoms with Gasteiger partial charge in [0.2, 0.25) is 12.2 Å². The predicted molar refractivity (Wildman–Crippen MR) is 80.8 cm³/mol. The lowest BCUT2D eigenvalue weighted by Crippen LogP contribution is -2.40. The molecular weight excluding hydrogens is 266 g/mol. The van der Waals surface area contributed by atoms with Gasteiger partial charge in [0, 0.05) is 18.2 Å². The number of aliphatic carboxylic acids is 1. The first-order valence-corrected chi connectivity index (χ1v) is 6.80. The Bertz CT molecular complexity index is 650. The lowest BCUT2D eigenvalue weighted by molar-refractivity contribution is -0.687. The van der Waals surface area contributed by atoms with E-state index in [-0.39, 0.29) is 6.54 Å². The Morgan fingerprint density at radius 3 is 2.86 bits per heavy atom. The zero-order valence-corrected chi connectivity index (χ0v) is 11.9. The van der Waals surface area contributed by atoms with Gasteiger partial charge in [-0.1, -0.05) is 12.1 Å². The molecule has 1 heterocycles. The van der Waals surface area contributed by atoms with Gasteiger partial charge in [0.05, 0.1) is 6.61 Å². The number of carboxylic acid groups (broad SMARTS) is 1. The summed E-state index contributed by atoms with van der Waals surface area (Å²) in [6, 6.07) is 13.3. The van der Waals surface area contributed by atoms with Crippen LogP contribution in [-0.4, -0.2) is 17.7 Å². The van der Waals surface area contributed by atoms with E-state index in [1.807, 2.05) is 61.5 Å². The van der Waals surface area contributed by atoms with Crippen LogP contribution in [0.1, 0.15) is 18.2 Å². The summed E-state index contributed by atoms with van der Waals surface area (Å²) in [4.78, 5) is 10.9. The Morgan fingerprint density at radius 1 is 1.24 bits per heavy atom. The van der Waals surface area contributed by atoms with Crippen LogP contribution < -0.4 is 9.30 Å². The molecule has 21 heavy (non-hydrogen) atoms. The SMILES string of the molecule is CCOc1cccc(/C=C/c2cccc[n+]2CC(=O)O)c1. The van der Waals surface area contributed by atoms with Gasteiger partial charge < -0.3 is 9.84 Å². The molecule has 0 aliphatic carbocycles. The molecule has 2 aromatic rings. The zero-order chi connectivity index (χ0) is 15.1. The van der Waals surface area contributed by atoms with Crippen LogP contribution in [0.25, 0.3) is 12.2 Å². The highest BCUT2D eigenvalue weighted by molar-refractivity contribution is 5.68. The minimum Gasteiger partial charge on any atom is -0.494 e. The molecule has 0 unspecified atom stereocenters. The summed E-state index contributed by atoms with van der Waals surface area (Å²) in [5.74, 6) is -0.0367. The number of hydrogen-bond donors (Lipinski definition) is 1. The Labute approximate surface area is 123 Å². The summed E-state index contributed by atoms with van der Waals surface area (Å²) in [6.45, 7) is 2.52. The number of rotatable bonds is 6. The average Bonchev–Trinajstić information content (AvgIpc) is 2.47. The van der Waals surface area contributed by atoms with Crippen molar-refractivity contribution in [2.45, 2.75) is 13.5 Å². The second-order valence-corrected chi connectivity index (χ2v) is 4.49. The number of pyridine rings is 1. The largest absolute Gasteiger partial charge is 0.494 e. The molecule has 0 aliphatic rings. The zero-order valence-electron chi connectivity index (χ0n) is 11.9.